The highest BCUT2D eigenvalue weighted by Gasteiger charge is 2.11. The van der Waals surface area contributed by atoms with E-state index in [0.29, 0.717) is 23.5 Å². The number of hydrogen-bond donors (Lipinski definition) is 2. The van der Waals surface area contributed by atoms with Crippen molar-refractivity contribution in [1.29, 1.82) is 0 Å². The Morgan fingerprint density at radius 3 is 2.43 bits per heavy atom. The van der Waals surface area contributed by atoms with Gasteiger partial charge in [0.05, 0.1) is 13.2 Å². The van der Waals surface area contributed by atoms with Gasteiger partial charge in [-0.05, 0) is 55.5 Å². The average Bonchev–Trinajstić information content (AvgIpc) is 3.17. The molecule has 1 heterocycles. The number of ether oxygens (including phenoxy) is 1. The molecule has 28 heavy (non-hydrogen) atoms. The zero-order chi connectivity index (χ0) is 19.9. The lowest BCUT2D eigenvalue weighted by molar-refractivity contribution is 0.0672. The van der Waals surface area contributed by atoms with Gasteiger partial charge in [-0.2, -0.15) is 8.78 Å². The van der Waals surface area contributed by atoms with Crippen LogP contribution in [-0.4, -0.2) is 22.1 Å². The second-order valence-corrected chi connectivity index (χ2v) is 5.87. The molecule has 0 bridgehead atoms. The van der Waals surface area contributed by atoms with Crippen LogP contribution >= 0.6 is 0 Å². The maximum atomic E-state index is 12.8. The first-order valence-corrected chi connectivity index (χ1v) is 8.75. The Hall–Kier alpha value is -3.42. The molecule has 0 saturated heterocycles. The Morgan fingerprint density at radius 1 is 1.11 bits per heavy atom. The predicted octanol–water partition coefficient (Wildman–Crippen LogP) is 4.54. The first-order chi connectivity index (χ1) is 13.6. The number of rotatable bonds is 8. The van der Waals surface area contributed by atoms with Crippen molar-refractivity contribution in [2.75, 3.05) is 17.2 Å². The number of aromatic nitrogens is 2. The number of nitrogens with zero attached hydrogens (tertiary/aromatic N) is 2. The fraction of sp³-hybridized carbons (Fsp3) is 0.200. The van der Waals surface area contributed by atoms with Crippen LogP contribution in [0.25, 0.3) is 0 Å². The van der Waals surface area contributed by atoms with Crippen molar-refractivity contribution in [1.82, 2.24) is 9.55 Å². The maximum Gasteiger partial charge on any atom is 0.319 e. The standard InChI is InChI=1S/C20H20F2N4O2/c1-2-28-17-9-7-16(8-10-17)25-19(27)14-3-5-15(6-4-14)24-13-18-23-11-12-26(18)20(21)22/h3-12,20,24H,2,13H2,1H3,(H,25,27). The Bertz CT molecular complexity index is 909. The highest BCUT2D eigenvalue weighted by atomic mass is 19.3. The molecule has 0 saturated carbocycles. The van der Waals surface area contributed by atoms with Crippen LogP contribution in [0, 0.1) is 0 Å². The molecule has 146 valence electrons. The maximum absolute atomic E-state index is 12.8. The van der Waals surface area contributed by atoms with Gasteiger partial charge >= 0.3 is 6.55 Å². The molecular weight excluding hydrogens is 366 g/mol. The largest absolute Gasteiger partial charge is 0.494 e. The van der Waals surface area contributed by atoms with Crippen LogP contribution in [0.5, 0.6) is 5.75 Å². The lowest BCUT2D eigenvalue weighted by Crippen LogP contribution is -2.12. The summed E-state index contributed by atoms with van der Waals surface area (Å²) in [5.74, 6) is 0.722. The molecule has 0 spiro atoms. The van der Waals surface area contributed by atoms with Crippen molar-refractivity contribution in [3.05, 3.63) is 72.3 Å². The molecule has 0 atom stereocenters. The molecule has 1 aromatic heterocycles. The zero-order valence-corrected chi connectivity index (χ0v) is 15.2. The van der Waals surface area contributed by atoms with Gasteiger partial charge in [-0.15, -0.1) is 0 Å². The van der Waals surface area contributed by atoms with Gasteiger partial charge in [-0.1, -0.05) is 0 Å². The van der Waals surface area contributed by atoms with Crippen LogP contribution in [-0.2, 0) is 6.54 Å². The molecule has 0 unspecified atom stereocenters. The number of imidazole rings is 1. The zero-order valence-electron chi connectivity index (χ0n) is 15.2. The first-order valence-electron chi connectivity index (χ1n) is 8.75. The summed E-state index contributed by atoms with van der Waals surface area (Å²) in [5, 5.41) is 5.82. The molecule has 6 nitrogen and oxygen atoms in total. The van der Waals surface area contributed by atoms with E-state index >= 15 is 0 Å². The van der Waals surface area contributed by atoms with E-state index in [9.17, 15) is 13.6 Å². The lowest BCUT2D eigenvalue weighted by atomic mass is 10.2. The number of halogens is 2. The number of carbonyl (C=O) groups excluding carboxylic acids is 1. The molecule has 0 aliphatic heterocycles. The van der Waals surface area contributed by atoms with E-state index in [0.717, 1.165) is 10.3 Å². The molecule has 8 heteroatoms. The number of carbonyl (C=O) groups is 1. The van der Waals surface area contributed by atoms with E-state index in [2.05, 4.69) is 15.6 Å². The molecule has 0 radical (unpaired) electrons. The van der Waals surface area contributed by atoms with Gasteiger partial charge in [0.15, 0.2) is 0 Å². The van der Waals surface area contributed by atoms with Crippen molar-refractivity contribution < 1.29 is 18.3 Å². The predicted molar refractivity (Wildman–Crippen MR) is 103 cm³/mol. The minimum atomic E-state index is -2.63. The van der Waals surface area contributed by atoms with Crippen LogP contribution < -0.4 is 15.4 Å². The van der Waals surface area contributed by atoms with Gasteiger partial charge in [0.1, 0.15) is 11.6 Å². The quantitative estimate of drug-likeness (QED) is 0.596. The van der Waals surface area contributed by atoms with E-state index in [-0.39, 0.29) is 18.3 Å². The Balaban J connectivity index is 1.57. The summed E-state index contributed by atoms with van der Waals surface area (Å²) in [7, 11) is 0. The third-order valence-corrected chi connectivity index (χ3v) is 3.98. The van der Waals surface area contributed by atoms with Crippen LogP contribution in [0.4, 0.5) is 20.2 Å². The summed E-state index contributed by atoms with van der Waals surface area (Å²) in [5.41, 5.74) is 1.84. The van der Waals surface area contributed by atoms with Gasteiger partial charge in [0.2, 0.25) is 0 Å². The summed E-state index contributed by atoms with van der Waals surface area (Å²) >= 11 is 0. The van der Waals surface area contributed by atoms with Crippen molar-refractivity contribution in [3.8, 4) is 5.75 Å². The smallest absolute Gasteiger partial charge is 0.319 e. The summed E-state index contributed by atoms with van der Waals surface area (Å²) in [6, 6.07) is 13.8. The molecule has 1 amide bonds. The first kappa shape index (κ1) is 19.3. The highest BCUT2D eigenvalue weighted by Crippen LogP contribution is 2.18. The number of hydrogen-bond acceptors (Lipinski definition) is 4. The number of anilines is 2. The molecule has 0 aliphatic carbocycles. The minimum Gasteiger partial charge on any atom is -0.494 e. The summed E-state index contributed by atoms with van der Waals surface area (Å²) in [6.45, 7) is -0.000238. The van der Waals surface area contributed by atoms with Crippen molar-refractivity contribution in [2.45, 2.75) is 20.0 Å². The summed E-state index contributed by atoms with van der Waals surface area (Å²) < 4.78 is 31.8. The number of alkyl halides is 2. The summed E-state index contributed by atoms with van der Waals surface area (Å²) in [6.07, 6.45) is 2.56. The summed E-state index contributed by atoms with van der Waals surface area (Å²) in [4.78, 5) is 16.3. The van der Waals surface area contributed by atoms with E-state index in [1.807, 2.05) is 6.92 Å². The van der Waals surface area contributed by atoms with Gasteiger partial charge < -0.3 is 15.4 Å². The highest BCUT2D eigenvalue weighted by molar-refractivity contribution is 6.04. The molecule has 0 fully saturated rings. The molecule has 0 aliphatic rings. The minimum absolute atomic E-state index is 0.148. The van der Waals surface area contributed by atoms with Crippen LogP contribution in [0.1, 0.15) is 29.7 Å². The van der Waals surface area contributed by atoms with Crippen molar-refractivity contribution in [2.24, 2.45) is 0 Å². The molecule has 3 rings (SSSR count). The Labute approximate surface area is 161 Å². The molecule has 2 aromatic carbocycles. The number of benzene rings is 2. The van der Waals surface area contributed by atoms with E-state index in [1.165, 1.54) is 12.4 Å². The third-order valence-electron chi connectivity index (χ3n) is 3.98. The number of amides is 1. The van der Waals surface area contributed by atoms with E-state index in [1.54, 1.807) is 48.5 Å². The van der Waals surface area contributed by atoms with Gasteiger partial charge in [-0.25, -0.2) is 4.98 Å². The second kappa shape index (κ2) is 8.98. The van der Waals surface area contributed by atoms with Crippen molar-refractivity contribution in [3.63, 3.8) is 0 Å². The lowest BCUT2D eigenvalue weighted by Gasteiger charge is -2.10. The van der Waals surface area contributed by atoms with Crippen LogP contribution in [0.2, 0.25) is 0 Å². The molecule has 2 N–H and O–H groups in total. The fourth-order valence-corrected chi connectivity index (χ4v) is 2.58. The van der Waals surface area contributed by atoms with E-state index < -0.39 is 6.55 Å². The SMILES string of the molecule is CCOc1ccc(NC(=O)c2ccc(NCc3nccn3C(F)F)cc2)cc1. The molecule has 3 aromatic rings. The second-order valence-electron chi connectivity index (χ2n) is 5.87. The fourth-order valence-electron chi connectivity index (χ4n) is 2.58. The Kier molecular flexibility index (Phi) is 6.21. The van der Waals surface area contributed by atoms with Gasteiger partial charge in [-0.3, -0.25) is 9.36 Å². The molecular formula is C20H20F2N4O2. The normalized spacial score (nSPS) is 10.7. The number of nitrogens with one attached hydrogen (secondary N) is 2. The van der Waals surface area contributed by atoms with Crippen LogP contribution in [0.3, 0.4) is 0 Å². The monoisotopic (exact) mass is 386 g/mol. The van der Waals surface area contributed by atoms with E-state index in [4.69, 9.17) is 4.74 Å². The van der Waals surface area contributed by atoms with Crippen molar-refractivity contribution >= 4 is 17.3 Å². The third kappa shape index (κ3) is 4.85. The van der Waals surface area contributed by atoms with Gasteiger partial charge in [0.25, 0.3) is 5.91 Å². The van der Waals surface area contributed by atoms with Crippen LogP contribution in [0.15, 0.2) is 60.9 Å². The van der Waals surface area contributed by atoms with Gasteiger partial charge in [0, 0.05) is 29.3 Å². The Morgan fingerprint density at radius 2 is 1.79 bits per heavy atom. The average molecular weight is 386 g/mol. The topological polar surface area (TPSA) is 68.2 Å².